The van der Waals surface area contributed by atoms with Crippen LogP contribution in [0.3, 0.4) is 0 Å². The van der Waals surface area contributed by atoms with Gasteiger partial charge in [0.25, 0.3) is 0 Å². The summed E-state index contributed by atoms with van der Waals surface area (Å²) in [5.74, 6) is 0. The molecule has 3 atom stereocenters. The van der Waals surface area contributed by atoms with Crippen molar-refractivity contribution >= 4 is 0 Å². The number of rotatable bonds is 6. The van der Waals surface area contributed by atoms with Crippen LogP contribution in [0.25, 0.3) is 0 Å². The largest absolute Gasteiger partial charge is 0.415 e. The Kier molecular flexibility index (Phi) is 5.76. The van der Waals surface area contributed by atoms with Crippen LogP contribution in [0.4, 0.5) is 13.2 Å². The number of hydrogen-bond acceptors (Lipinski definition) is 3. The number of nitrogens with one attached hydrogen (secondary N) is 1. The number of halogens is 3. The molecule has 2 aromatic rings. The van der Waals surface area contributed by atoms with Crippen molar-refractivity contribution in [1.29, 1.82) is 0 Å². The molecule has 2 rings (SSSR count). The van der Waals surface area contributed by atoms with Crippen molar-refractivity contribution in [3.8, 4) is 0 Å². The maximum atomic E-state index is 12.9. The van der Waals surface area contributed by atoms with Gasteiger partial charge in [0, 0.05) is 6.54 Å². The first-order valence-electron chi connectivity index (χ1n) is 7.14. The Morgan fingerprint density at radius 1 is 0.870 bits per heavy atom. The topological polar surface area (TPSA) is 52.5 Å². The fourth-order valence-corrected chi connectivity index (χ4v) is 2.29. The molecule has 0 amide bonds. The number of aliphatic hydroxyl groups is 2. The van der Waals surface area contributed by atoms with E-state index >= 15 is 0 Å². The van der Waals surface area contributed by atoms with E-state index in [1.54, 1.807) is 48.5 Å². The zero-order valence-corrected chi connectivity index (χ0v) is 12.2. The van der Waals surface area contributed by atoms with Gasteiger partial charge in [0.05, 0.1) is 12.1 Å². The van der Waals surface area contributed by atoms with E-state index in [4.69, 9.17) is 0 Å². The molecule has 6 heteroatoms. The SMILES string of the molecule is O[C@@H](c1ccccc1)[C@@H](NCc1ccccc1)[C@H](O)C(F)(F)F. The molecule has 0 saturated heterocycles. The van der Waals surface area contributed by atoms with Gasteiger partial charge in [-0.25, -0.2) is 0 Å². The van der Waals surface area contributed by atoms with E-state index in [0.29, 0.717) is 5.56 Å². The minimum Gasteiger partial charge on any atom is -0.387 e. The monoisotopic (exact) mass is 325 g/mol. The summed E-state index contributed by atoms with van der Waals surface area (Å²) in [6, 6.07) is 15.2. The minimum atomic E-state index is -4.83. The second-order valence-corrected chi connectivity index (χ2v) is 5.23. The lowest BCUT2D eigenvalue weighted by atomic mass is 9.97. The van der Waals surface area contributed by atoms with E-state index in [0.717, 1.165) is 5.56 Å². The Morgan fingerprint density at radius 3 is 1.91 bits per heavy atom. The van der Waals surface area contributed by atoms with Crippen LogP contribution in [-0.2, 0) is 6.54 Å². The van der Waals surface area contributed by atoms with Gasteiger partial charge in [0.1, 0.15) is 0 Å². The van der Waals surface area contributed by atoms with Crippen LogP contribution in [0, 0.1) is 0 Å². The average Bonchev–Trinajstić information content (AvgIpc) is 2.55. The van der Waals surface area contributed by atoms with Crippen molar-refractivity contribution in [1.82, 2.24) is 5.32 Å². The number of aliphatic hydroxyl groups excluding tert-OH is 2. The van der Waals surface area contributed by atoms with Crippen molar-refractivity contribution < 1.29 is 23.4 Å². The lowest BCUT2D eigenvalue weighted by Gasteiger charge is -2.30. The molecule has 0 aromatic heterocycles. The van der Waals surface area contributed by atoms with Gasteiger partial charge < -0.3 is 15.5 Å². The molecular weight excluding hydrogens is 307 g/mol. The summed E-state index contributed by atoms with van der Waals surface area (Å²) >= 11 is 0. The van der Waals surface area contributed by atoms with E-state index in [1.165, 1.54) is 12.1 Å². The van der Waals surface area contributed by atoms with Crippen LogP contribution in [0.1, 0.15) is 17.2 Å². The first-order valence-corrected chi connectivity index (χ1v) is 7.14. The molecule has 0 spiro atoms. The second-order valence-electron chi connectivity index (χ2n) is 5.23. The van der Waals surface area contributed by atoms with Crippen molar-refractivity contribution in [2.45, 2.75) is 31.0 Å². The molecule has 0 aliphatic carbocycles. The second kappa shape index (κ2) is 7.59. The van der Waals surface area contributed by atoms with Crippen molar-refractivity contribution in [2.75, 3.05) is 0 Å². The van der Waals surface area contributed by atoms with E-state index < -0.39 is 24.4 Å². The highest BCUT2D eigenvalue weighted by molar-refractivity contribution is 5.20. The van der Waals surface area contributed by atoms with Crippen LogP contribution < -0.4 is 5.32 Å². The third-order valence-corrected chi connectivity index (χ3v) is 3.54. The molecule has 23 heavy (non-hydrogen) atoms. The van der Waals surface area contributed by atoms with Crippen LogP contribution >= 0.6 is 0 Å². The van der Waals surface area contributed by atoms with Crippen LogP contribution in [0.5, 0.6) is 0 Å². The van der Waals surface area contributed by atoms with Gasteiger partial charge in [0.15, 0.2) is 6.10 Å². The summed E-state index contributed by atoms with van der Waals surface area (Å²) in [5, 5.41) is 22.5. The Morgan fingerprint density at radius 2 is 1.39 bits per heavy atom. The van der Waals surface area contributed by atoms with Gasteiger partial charge in [-0.05, 0) is 11.1 Å². The summed E-state index contributed by atoms with van der Waals surface area (Å²) in [5.41, 5.74) is 1.06. The van der Waals surface area contributed by atoms with Crippen LogP contribution in [-0.4, -0.2) is 28.5 Å². The number of hydrogen-bond donors (Lipinski definition) is 3. The summed E-state index contributed by atoms with van der Waals surface area (Å²) < 4.78 is 38.7. The third-order valence-electron chi connectivity index (χ3n) is 3.54. The van der Waals surface area contributed by atoms with E-state index in [9.17, 15) is 23.4 Å². The molecule has 0 aliphatic heterocycles. The molecule has 0 fully saturated rings. The van der Waals surface area contributed by atoms with Gasteiger partial charge in [-0.15, -0.1) is 0 Å². The first kappa shape index (κ1) is 17.5. The predicted octanol–water partition coefficient (Wildman–Crippen LogP) is 2.80. The van der Waals surface area contributed by atoms with Crippen molar-refractivity contribution in [3.05, 3.63) is 71.8 Å². The highest BCUT2D eigenvalue weighted by atomic mass is 19.4. The molecule has 0 unspecified atom stereocenters. The number of alkyl halides is 3. The first-order chi connectivity index (χ1) is 10.9. The smallest absolute Gasteiger partial charge is 0.387 e. The van der Waals surface area contributed by atoms with Gasteiger partial charge in [-0.2, -0.15) is 13.2 Å². The Hall–Kier alpha value is -1.89. The van der Waals surface area contributed by atoms with Crippen molar-refractivity contribution in [3.63, 3.8) is 0 Å². The van der Waals surface area contributed by atoms with Crippen molar-refractivity contribution in [2.24, 2.45) is 0 Å². The molecule has 0 radical (unpaired) electrons. The maximum absolute atomic E-state index is 12.9. The summed E-state index contributed by atoms with van der Waals surface area (Å²) in [6.07, 6.45) is -9.00. The molecule has 124 valence electrons. The molecule has 2 aromatic carbocycles. The van der Waals surface area contributed by atoms with E-state index in [1.807, 2.05) is 0 Å². The standard InChI is InChI=1S/C17H18F3NO2/c18-17(19,20)16(23)14(15(22)13-9-5-2-6-10-13)21-11-12-7-3-1-4-8-12/h1-10,14-16,21-23H,11H2/t14-,15+,16+/m1/s1. The normalized spacial score (nSPS) is 15.9. The molecule has 0 aliphatic rings. The summed E-state index contributed by atoms with van der Waals surface area (Å²) in [4.78, 5) is 0. The fraction of sp³-hybridized carbons (Fsp3) is 0.294. The highest BCUT2D eigenvalue weighted by Gasteiger charge is 2.46. The molecule has 3 nitrogen and oxygen atoms in total. The number of benzene rings is 2. The maximum Gasteiger partial charge on any atom is 0.415 e. The lowest BCUT2D eigenvalue weighted by molar-refractivity contribution is -0.220. The molecular formula is C17H18F3NO2. The Balaban J connectivity index is 2.18. The van der Waals surface area contributed by atoms with Gasteiger partial charge in [0.2, 0.25) is 0 Å². The average molecular weight is 325 g/mol. The fourth-order valence-electron chi connectivity index (χ4n) is 2.29. The lowest BCUT2D eigenvalue weighted by Crippen LogP contribution is -2.51. The van der Waals surface area contributed by atoms with Crippen LogP contribution in [0.2, 0.25) is 0 Å². The summed E-state index contributed by atoms with van der Waals surface area (Å²) in [7, 11) is 0. The van der Waals surface area contributed by atoms with Gasteiger partial charge in [-0.3, -0.25) is 0 Å². The van der Waals surface area contributed by atoms with Gasteiger partial charge in [-0.1, -0.05) is 60.7 Å². The highest BCUT2D eigenvalue weighted by Crippen LogP contribution is 2.29. The minimum absolute atomic E-state index is 0.0997. The van der Waals surface area contributed by atoms with Crippen LogP contribution in [0.15, 0.2) is 60.7 Å². The Bertz CT molecular complexity index is 590. The molecule has 0 heterocycles. The Labute approximate surface area is 132 Å². The zero-order valence-electron chi connectivity index (χ0n) is 12.2. The van der Waals surface area contributed by atoms with E-state index in [2.05, 4.69) is 5.32 Å². The molecule has 3 N–H and O–H groups in total. The quantitative estimate of drug-likeness (QED) is 0.765. The van der Waals surface area contributed by atoms with E-state index in [-0.39, 0.29) is 6.54 Å². The molecule has 0 bridgehead atoms. The van der Waals surface area contributed by atoms with Gasteiger partial charge >= 0.3 is 6.18 Å². The third kappa shape index (κ3) is 4.79. The molecule has 0 saturated carbocycles. The zero-order chi connectivity index (χ0) is 16.9. The summed E-state index contributed by atoms with van der Waals surface area (Å²) in [6.45, 7) is 0.0997. The predicted molar refractivity (Wildman–Crippen MR) is 80.5 cm³/mol.